The number of aryl methyl sites for hydroxylation is 2. The van der Waals surface area contributed by atoms with E-state index in [4.69, 9.17) is 29.4 Å². The van der Waals surface area contributed by atoms with Crippen molar-refractivity contribution in [2.24, 2.45) is 0 Å². The maximum absolute atomic E-state index is 12.8. The molecule has 1 aromatic rings. The summed E-state index contributed by atoms with van der Waals surface area (Å²) in [6.45, 7) is 27.1. The van der Waals surface area contributed by atoms with Crippen LogP contribution in [0.15, 0.2) is 12.1 Å². The van der Waals surface area contributed by atoms with Gasteiger partial charge < -0.3 is 19.7 Å². The highest BCUT2D eigenvalue weighted by Crippen LogP contribution is 2.41. The lowest BCUT2D eigenvalue weighted by Crippen LogP contribution is -2.62. The molecule has 2 heterocycles. The molecule has 0 bridgehead atoms. The largest absolute Gasteiger partial charge is 0.508 e. The van der Waals surface area contributed by atoms with Crippen LogP contribution in [0, 0.1) is 13.8 Å². The van der Waals surface area contributed by atoms with Crippen LogP contribution in [0.4, 0.5) is 0 Å². The molecule has 10 heteroatoms. The third kappa shape index (κ3) is 20.6. The monoisotopic (exact) mass is 875 g/mol. The van der Waals surface area contributed by atoms with E-state index < -0.39 is 0 Å². The molecule has 2 N–H and O–H groups in total. The van der Waals surface area contributed by atoms with Gasteiger partial charge in [0.15, 0.2) is 0 Å². The molecule has 0 amide bonds. The van der Waals surface area contributed by atoms with Gasteiger partial charge >= 0.3 is 11.9 Å². The Kier molecular flexibility index (Phi) is 25.0. The maximum atomic E-state index is 12.8. The van der Waals surface area contributed by atoms with Gasteiger partial charge in [-0.2, -0.15) is 10.1 Å². The molecule has 0 spiro atoms. The molecule has 2 saturated heterocycles. The number of esters is 2. The molecule has 0 aliphatic carbocycles. The quantitative estimate of drug-likeness (QED) is 0.0502. The van der Waals surface area contributed by atoms with Crippen LogP contribution < -0.4 is 0 Å². The zero-order chi connectivity index (χ0) is 46.4. The predicted octanol–water partition coefficient (Wildman–Crippen LogP) is 13.5. The Hall–Kier alpha value is -2.40. The topological polar surface area (TPSA) is 118 Å². The first-order valence-corrected chi connectivity index (χ1v) is 24.9. The summed E-state index contributed by atoms with van der Waals surface area (Å²) >= 11 is 0. The second-order valence-electron chi connectivity index (χ2n) is 21.1. The standard InChI is InChI=1S/C44H84N2O6.C8H10O2/c1-11-13-15-17-23-27-31-49-45-41(3,4)33-37(34-42(45,5)6)51-39(47)29-25-21-19-20-22-26-30-40(48)52-38-35-43(7,8)46(44(9,10)36-38)50-32-28-24-18-16-14-12-2;1-5-3-8(10)6(2)4-7(5)9/h37-38H,11-36H2,1-10H3;3-4,9-10H,1-2H3. The molecule has 3 rings (SSSR count). The second-order valence-corrected chi connectivity index (χ2v) is 21.1. The van der Waals surface area contributed by atoms with Crippen molar-refractivity contribution in [2.75, 3.05) is 13.2 Å². The zero-order valence-corrected chi connectivity index (χ0v) is 41.9. The molecule has 2 aliphatic heterocycles. The van der Waals surface area contributed by atoms with Crippen LogP contribution in [0.5, 0.6) is 11.5 Å². The minimum atomic E-state index is -0.201. The normalized spacial score (nSPS) is 18.8. The molecule has 1 aromatic carbocycles. The van der Waals surface area contributed by atoms with Gasteiger partial charge in [0.2, 0.25) is 0 Å². The highest BCUT2D eigenvalue weighted by Gasteiger charge is 2.49. The summed E-state index contributed by atoms with van der Waals surface area (Å²) in [7, 11) is 0. The molecule has 0 radical (unpaired) electrons. The number of benzene rings is 1. The van der Waals surface area contributed by atoms with Crippen molar-refractivity contribution in [1.29, 1.82) is 0 Å². The summed E-state index contributed by atoms with van der Waals surface area (Å²) in [5.74, 6) is 0.301. The van der Waals surface area contributed by atoms with Crippen LogP contribution in [0.25, 0.3) is 0 Å². The van der Waals surface area contributed by atoms with E-state index in [0.717, 1.165) is 90.3 Å². The molecule has 0 atom stereocenters. The third-order valence-corrected chi connectivity index (χ3v) is 12.7. The molecule has 62 heavy (non-hydrogen) atoms. The number of unbranched alkanes of at least 4 members (excludes halogenated alkanes) is 15. The van der Waals surface area contributed by atoms with Gasteiger partial charge in [0.05, 0.1) is 13.2 Å². The highest BCUT2D eigenvalue weighted by molar-refractivity contribution is 5.70. The molecule has 0 saturated carbocycles. The maximum Gasteiger partial charge on any atom is 0.306 e. The third-order valence-electron chi connectivity index (χ3n) is 12.7. The number of aromatic hydroxyl groups is 2. The number of phenols is 2. The molecule has 0 unspecified atom stereocenters. The van der Waals surface area contributed by atoms with E-state index in [1.165, 1.54) is 64.2 Å². The predicted molar refractivity (Wildman–Crippen MR) is 253 cm³/mol. The van der Waals surface area contributed by atoms with Crippen molar-refractivity contribution in [3.8, 4) is 11.5 Å². The van der Waals surface area contributed by atoms with E-state index in [9.17, 15) is 9.59 Å². The molecular formula is C52H94N2O8. The SMILES string of the molecule is CCCCCCCCON1C(C)(C)CC(OC(=O)CCCCCCCCC(=O)OC2CC(C)(C)N(OCCCCCCCC)C(C)(C)C2)CC1(C)C.Cc1cc(O)c(C)cc1O. The molecule has 2 fully saturated rings. The van der Waals surface area contributed by atoms with E-state index in [1.807, 2.05) is 0 Å². The number of phenolic OH excluding ortho intramolecular Hbond substituents is 2. The minimum Gasteiger partial charge on any atom is -0.508 e. The number of piperidine rings is 2. The second kappa shape index (κ2) is 27.8. The minimum absolute atomic E-state index is 0.0812. The lowest BCUT2D eigenvalue weighted by atomic mass is 9.80. The molecule has 360 valence electrons. The van der Waals surface area contributed by atoms with Crippen molar-refractivity contribution in [1.82, 2.24) is 10.1 Å². The van der Waals surface area contributed by atoms with Crippen LogP contribution in [0.1, 0.15) is 234 Å². The van der Waals surface area contributed by atoms with E-state index in [2.05, 4.69) is 79.4 Å². The van der Waals surface area contributed by atoms with Gasteiger partial charge in [-0.05, 0) is 118 Å². The van der Waals surface area contributed by atoms with Crippen LogP contribution in [0.3, 0.4) is 0 Å². The summed E-state index contributed by atoms with van der Waals surface area (Å²) in [5, 5.41) is 22.6. The average molecular weight is 875 g/mol. The lowest BCUT2D eigenvalue weighted by molar-refractivity contribution is -0.293. The fraction of sp³-hybridized carbons (Fsp3) is 0.846. The number of hydroxylamine groups is 4. The van der Waals surface area contributed by atoms with Gasteiger partial charge in [0, 0.05) is 60.7 Å². The van der Waals surface area contributed by atoms with Crippen LogP contribution >= 0.6 is 0 Å². The first kappa shape index (κ1) is 55.7. The van der Waals surface area contributed by atoms with Crippen molar-refractivity contribution in [3.05, 3.63) is 23.3 Å². The number of hydrogen-bond donors (Lipinski definition) is 2. The number of nitrogens with zero attached hydrogens (tertiary/aromatic N) is 2. The van der Waals surface area contributed by atoms with E-state index in [0.29, 0.717) is 24.0 Å². The van der Waals surface area contributed by atoms with Crippen molar-refractivity contribution < 1.29 is 39.0 Å². The molecule has 2 aliphatic rings. The molecule has 10 nitrogen and oxygen atoms in total. The van der Waals surface area contributed by atoms with Crippen molar-refractivity contribution in [2.45, 2.75) is 272 Å². The Morgan fingerprint density at radius 2 is 0.774 bits per heavy atom. The van der Waals surface area contributed by atoms with Gasteiger partial charge in [0.25, 0.3) is 0 Å². The molecule has 0 aromatic heterocycles. The number of hydrogen-bond acceptors (Lipinski definition) is 10. The van der Waals surface area contributed by atoms with Crippen molar-refractivity contribution >= 4 is 11.9 Å². The highest BCUT2D eigenvalue weighted by atomic mass is 16.7. The van der Waals surface area contributed by atoms with Crippen LogP contribution in [-0.4, -0.2) is 79.9 Å². The van der Waals surface area contributed by atoms with E-state index in [-0.39, 0.29) is 57.8 Å². The van der Waals surface area contributed by atoms with Crippen molar-refractivity contribution in [3.63, 3.8) is 0 Å². The number of carbonyl (C=O) groups excluding carboxylic acids is 2. The fourth-order valence-electron chi connectivity index (χ4n) is 9.81. The number of rotatable bonds is 27. The Morgan fingerprint density at radius 3 is 1.08 bits per heavy atom. The zero-order valence-electron chi connectivity index (χ0n) is 41.9. The first-order chi connectivity index (χ1) is 29.1. The van der Waals surface area contributed by atoms with Gasteiger partial charge in [-0.1, -0.05) is 104 Å². The summed E-state index contributed by atoms with van der Waals surface area (Å²) < 4.78 is 12.0. The summed E-state index contributed by atoms with van der Waals surface area (Å²) in [5.41, 5.74) is 0.592. The van der Waals surface area contributed by atoms with Crippen LogP contribution in [-0.2, 0) is 28.7 Å². The van der Waals surface area contributed by atoms with E-state index >= 15 is 0 Å². The first-order valence-electron chi connectivity index (χ1n) is 24.9. The van der Waals surface area contributed by atoms with Gasteiger partial charge in [-0.15, -0.1) is 0 Å². The number of ether oxygens (including phenoxy) is 2. The summed E-state index contributed by atoms with van der Waals surface area (Å²) in [4.78, 5) is 38.2. The van der Waals surface area contributed by atoms with Crippen LogP contribution in [0.2, 0.25) is 0 Å². The Morgan fingerprint density at radius 1 is 0.500 bits per heavy atom. The smallest absolute Gasteiger partial charge is 0.306 e. The summed E-state index contributed by atoms with van der Waals surface area (Å²) in [6.07, 6.45) is 24.7. The molecular weight excluding hydrogens is 781 g/mol. The fourth-order valence-corrected chi connectivity index (χ4v) is 9.81. The van der Waals surface area contributed by atoms with Gasteiger partial charge in [-0.25, -0.2) is 0 Å². The Labute approximate surface area is 379 Å². The number of carbonyl (C=O) groups is 2. The Bertz CT molecular complexity index is 1260. The summed E-state index contributed by atoms with van der Waals surface area (Å²) in [6, 6.07) is 3.09. The van der Waals surface area contributed by atoms with Gasteiger partial charge in [0.1, 0.15) is 23.7 Å². The Balaban J connectivity index is 0.00000115. The van der Waals surface area contributed by atoms with Gasteiger partial charge in [-0.3, -0.25) is 19.3 Å². The van der Waals surface area contributed by atoms with E-state index in [1.54, 1.807) is 26.0 Å². The average Bonchev–Trinajstić information content (AvgIpc) is 3.15. The lowest BCUT2D eigenvalue weighted by Gasteiger charge is -2.53.